The number of ether oxygens (including phenoxy) is 1. The van der Waals surface area contributed by atoms with Crippen LogP contribution in [-0.4, -0.2) is 59.4 Å². The van der Waals surface area contributed by atoms with Crippen LogP contribution in [0.2, 0.25) is 0 Å². The third-order valence-corrected chi connectivity index (χ3v) is 5.29. The third-order valence-electron chi connectivity index (χ3n) is 5.29. The summed E-state index contributed by atoms with van der Waals surface area (Å²) in [4.78, 5) is 14.3. The van der Waals surface area contributed by atoms with E-state index in [4.69, 9.17) is 4.74 Å². The molecule has 3 unspecified atom stereocenters. The summed E-state index contributed by atoms with van der Waals surface area (Å²) < 4.78 is 5.86. The average molecular weight is 280 g/mol. The van der Waals surface area contributed by atoms with Crippen molar-refractivity contribution in [3.05, 3.63) is 0 Å². The standard InChI is InChI=1S/C15H24N2O3/c18-14(19)15(10-1-2-10,16-11-3-4-11)9-17-7-12-5-6-13(8-17)20-12/h10-13,16H,1-9H2,(H,18,19). The summed E-state index contributed by atoms with van der Waals surface area (Å²) in [5.41, 5.74) is -0.710. The van der Waals surface area contributed by atoms with E-state index in [1.807, 2.05) is 0 Å². The Morgan fingerprint density at radius 1 is 1.15 bits per heavy atom. The lowest BCUT2D eigenvalue weighted by atomic mass is 9.91. The number of likely N-dealkylation sites (tertiary alicyclic amines) is 1. The summed E-state index contributed by atoms with van der Waals surface area (Å²) >= 11 is 0. The lowest BCUT2D eigenvalue weighted by Gasteiger charge is -2.40. The van der Waals surface area contributed by atoms with Crippen LogP contribution in [0.1, 0.15) is 38.5 Å². The maximum atomic E-state index is 12.0. The summed E-state index contributed by atoms with van der Waals surface area (Å²) in [6.45, 7) is 2.47. The fraction of sp³-hybridized carbons (Fsp3) is 0.933. The molecular weight excluding hydrogens is 256 g/mol. The van der Waals surface area contributed by atoms with Crippen molar-refractivity contribution < 1.29 is 14.6 Å². The van der Waals surface area contributed by atoms with E-state index in [0.29, 0.717) is 30.7 Å². The third kappa shape index (κ3) is 2.36. The zero-order valence-corrected chi connectivity index (χ0v) is 11.9. The summed E-state index contributed by atoms with van der Waals surface area (Å²) in [6, 6.07) is 0.435. The van der Waals surface area contributed by atoms with E-state index in [0.717, 1.165) is 51.6 Å². The van der Waals surface area contributed by atoms with Crippen LogP contribution < -0.4 is 5.32 Å². The molecule has 0 aromatic rings. The van der Waals surface area contributed by atoms with Gasteiger partial charge in [-0.25, -0.2) is 0 Å². The van der Waals surface area contributed by atoms with Crippen LogP contribution in [-0.2, 0) is 9.53 Å². The largest absolute Gasteiger partial charge is 0.480 e. The average Bonchev–Trinajstić information content (AvgIpc) is 3.29. The van der Waals surface area contributed by atoms with Gasteiger partial charge in [0.1, 0.15) is 5.54 Å². The van der Waals surface area contributed by atoms with Gasteiger partial charge in [-0.3, -0.25) is 15.0 Å². The van der Waals surface area contributed by atoms with Gasteiger partial charge in [0.05, 0.1) is 12.2 Å². The van der Waals surface area contributed by atoms with Gasteiger partial charge in [0.15, 0.2) is 0 Å². The van der Waals surface area contributed by atoms with Gasteiger partial charge in [-0.15, -0.1) is 0 Å². The van der Waals surface area contributed by atoms with Crippen LogP contribution in [0.15, 0.2) is 0 Å². The molecule has 4 aliphatic rings. The molecule has 2 heterocycles. The predicted molar refractivity (Wildman–Crippen MR) is 73.6 cm³/mol. The molecule has 0 radical (unpaired) electrons. The molecule has 2 aliphatic carbocycles. The normalized spacial score (nSPS) is 36.8. The van der Waals surface area contributed by atoms with Crippen molar-refractivity contribution >= 4 is 5.97 Å². The van der Waals surface area contributed by atoms with Gasteiger partial charge < -0.3 is 9.84 Å². The molecule has 2 bridgehead atoms. The topological polar surface area (TPSA) is 61.8 Å². The van der Waals surface area contributed by atoms with Crippen molar-refractivity contribution in [2.75, 3.05) is 19.6 Å². The second-order valence-corrected chi connectivity index (χ2v) is 7.12. The number of hydrogen-bond donors (Lipinski definition) is 2. The second kappa shape index (κ2) is 4.68. The van der Waals surface area contributed by atoms with E-state index in [-0.39, 0.29) is 0 Å². The van der Waals surface area contributed by atoms with Crippen molar-refractivity contribution in [1.82, 2.24) is 10.2 Å². The Bertz CT molecular complexity index is 396. The van der Waals surface area contributed by atoms with E-state index in [9.17, 15) is 9.90 Å². The quantitative estimate of drug-likeness (QED) is 0.755. The number of nitrogens with zero attached hydrogens (tertiary/aromatic N) is 1. The van der Waals surface area contributed by atoms with Crippen LogP contribution in [0.3, 0.4) is 0 Å². The fourth-order valence-corrected chi connectivity index (χ4v) is 3.95. The Balaban J connectivity index is 1.50. The van der Waals surface area contributed by atoms with Gasteiger partial charge >= 0.3 is 5.97 Å². The van der Waals surface area contributed by atoms with E-state index in [1.165, 1.54) is 0 Å². The van der Waals surface area contributed by atoms with Crippen molar-refractivity contribution in [3.63, 3.8) is 0 Å². The van der Waals surface area contributed by atoms with Gasteiger partial charge in [0.2, 0.25) is 0 Å². The zero-order valence-electron chi connectivity index (χ0n) is 11.9. The Hall–Kier alpha value is -0.650. The number of carbonyl (C=O) groups is 1. The lowest BCUT2D eigenvalue weighted by molar-refractivity contribution is -0.148. The second-order valence-electron chi connectivity index (χ2n) is 7.12. The number of fused-ring (bicyclic) bond motifs is 2. The maximum Gasteiger partial charge on any atom is 0.325 e. The first kappa shape index (κ1) is 13.0. The molecule has 112 valence electrons. The molecule has 2 saturated heterocycles. The van der Waals surface area contributed by atoms with Gasteiger partial charge in [0.25, 0.3) is 0 Å². The molecule has 5 heteroatoms. The van der Waals surface area contributed by atoms with Crippen molar-refractivity contribution in [3.8, 4) is 0 Å². The first-order chi connectivity index (χ1) is 9.65. The zero-order chi connectivity index (χ0) is 13.7. The Morgan fingerprint density at radius 2 is 1.80 bits per heavy atom. The first-order valence-electron chi connectivity index (χ1n) is 8.04. The highest BCUT2D eigenvalue weighted by Crippen LogP contribution is 2.43. The highest BCUT2D eigenvalue weighted by Gasteiger charge is 2.54. The Morgan fingerprint density at radius 3 is 2.30 bits per heavy atom. The van der Waals surface area contributed by atoms with E-state index < -0.39 is 11.5 Å². The van der Waals surface area contributed by atoms with E-state index in [2.05, 4.69) is 10.2 Å². The molecule has 0 amide bonds. The highest BCUT2D eigenvalue weighted by molar-refractivity contribution is 5.80. The molecule has 0 spiro atoms. The van der Waals surface area contributed by atoms with Crippen molar-refractivity contribution in [2.24, 2.45) is 5.92 Å². The number of hydrogen-bond acceptors (Lipinski definition) is 4. The van der Waals surface area contributed by atoms with Crippen LogP contribution >= 0.6 is 0 Å². The molecule has 4 rings (SSSR count). The number of aliphatic carboxylic acids is 1. The molecule has 5 nitrogen and oxygen atoms in total. The SMILES string of the molecule is O=C(O)C(CN1CC2CCC(C1)O2)(NC1CC1)C1CC1. The highest BCUT2D eigenvalue weighted by atomic mass is 16.5. The molecule has 20 heavy (non-hydrogen) atoms. The minimum atomic E-state index is -0.710. The van der Waals surface area contributed by atoms with Crippen molar-refractivity contribution in [1.29, 1.82) is 0 Å². The van der Waals surface area contributed by atoms with Gasteiger partial charge in [0, 0.05) is 25.7 Å². The Kier molecular flexibility index (Phi) is 3.05. The smallest absolute Gasteiger partial charge is 0.325 e. The van der Waals surface area contributed by atoms with Crippen LogP contribution in [0, 0.1) is 5.92 Å². The first-order valence-corrected chi connectivity index (χ1v) is 8.04. The molecule has 2 aliphatic heterocycles. The number of nitrogens with one attached hydrogen (secondary N) is 1. The monoisotopic (exact) mass is 280 g/mol. The van der Waals surface area contributed by atoms with Gasteiger partial charge in [-0.1, -0.05) is 0 Å². The molecule has 4 fully saturated rings. The summed E-state index contributed by atoms with van der Waals surface area (Å²) in [7, 11) is 0. The summed E-state index contributed by atoms with van der Waals surface area (Å²) in [5, 5.41) is 13.3. The lowest BCUT2D eigenvalue weighted by Crippen LogP contribution is -2.63. The Labute approximate surface area is 119 Å². The van der Waals surface area contributed by atoms with Gasteiger partial charge in [-0.05, 0) is 44.4 Å². The molecule has 2 saturated carbocycles. The summed E-state index contributed by atoms with van der Waals surface area (Å²) in [6.07, 6.45) is 7.33. The molecular formula is C15H24N2O3. The summed E-state index contributed by atoms with van der Waals surface area (Å²) in [5.74, 6) is -0.327. The minimum Gasteiger partial charge on any atom is -0.480 e. The predicted octanol–water partition coefficient (Wildman–Crippen LogP) is 0.835. The van der Waals surface area contributed by atoms with E-state index in [1.54, 1.807) is 0 Å². The van der Waals surface area contributed by atoms with Crippen LogP contribution in [0.5, 0.6) is 0 Å². The van der Waals surface area contributed by atoms with Crippen molar-refractivity contribution in [2.45, 2.75) is 62.3 Å². The van der Waals surface area contributed by atoms with Crippen LogP contribution in [0.4, 0.5) is 0 Å². The number of morpholine rings is 1. The minimum absolute atomic E-state index is 0.320. The fourth-order valence-electron chi connectivity index (χ4n) is 3.95. The molecule has 3 atom stereocenters. The van der Waals surface area contributed by atoms with Crippen LogP contribution in [0.25, 0.3) is 0 Å². The maximum absolute atomic E-state index is 12.0. The molecule has 2 N–H and O–H groups in total. The molecule has 0 aromatic heterocycles. The number of carboxylic acids is 1. The number of carboxylic acid groups (broad SMARTS) is 1. The number of rotatable bonds is 6. The van der Waals surface area contributed by atoms with Gasteiger partial charge in [-0.2, -0.15) is 0 Å². The molecule has 0 aromatic carbocycles. The van der Waals surface area contributed by atoms with E-state index >= 15 is 0 Å².